The smallest absolute Gasteiger partial charge is 0.236 e. The van der Waals surface area contributed by atoms with Crippen LogP contribution < -0.4 is 14.5 Å². The molecule has 0 radical (unpaired) electrons. The minimum absolute atomic E-state index is 0.138. The number of anilines is 2. The monoisotopic (exact) mass is 392 g/mol. The molecular formula is C17H24N6O3S. The number of nitrogens with zero attached hydrogens (tertiary/aromatic N) is 4. The van der Waals surface area contributed by atoms with Gasteiger partial charge in [-0.25, -0.2) is 13.1 Å². The predicted molar refractivity (Wildman–Crippen MR) is 103 cm³/mol. The van der Waals surface area contributed by atoms with Crippen molar-refractivity contribution in [2.24, 2.45) is 0 Å². The number of rotatable bonds is 8. The van der Waals surface area contributed by atoms with E-state index in [1.54, 1.807) is 11.1 Å². The van der Waals surface area contributed by atoms with Crippen LogP contribution in [-0.2, 0) is 14.8 Å². The van der Waals surface area contributed by atoms with Gasteiger partial charge in [0.25, 0.3) is 0 Å². The number of amides is 1. The van der Waals surface area contributed by atoms with E-state index in [2.05, 4.69) is 24.6 Å². The second-order valence-electron chi connectivity index (χ2n) is 7.20. The highest BCUT2D eigenvalue weighted by Crippen LogP contribution is 2.33. The summed E-state index contributed by atoms with van der Waals surface area (Å²) in [5.74, 6) is 1.27. The third-order valence-electron chi connectivity index (χ3n) is 4.98. The number of aromatic amines is 1. The van der Waals surface area contributed by atoms with Gasteiger partial charge in [-0.2, -0.15) is 9.97 Å². The Bertz CT molecular complexity index is 939. The Balaban J connectivity index is 1.60. The van der Waals surface area contributed by atoms with Gasteiger partial charge in [-0.3, -0.25) is 9.69 Å². The highest BCUT2D eigenvalue weighted by atomic mass is 32.2. The maximum absolute atomic E-state index is 12.1. The van der Waals surface area contributed by atoms with E-state index in [9.17, 15) is 13.2 Å². The maximum Gasteiger partial charge on any atom is 0.236 e. The summed E-state index contributed by atoms with van der Waals surface area (Å²) >= 11 is 0. The zero-order chi connectivity index (χ0) is 19.0. The predicted octanol–water partition coefficient (Wildman–Crippen LogP) is 0.991. The zero-order valence-corrected chi connectivity index (χ0v) is 16.1. The SMILES string of the molecule is CCCS(=O)(=O)N[C@H]1CCN(c2nc(N(C=O)C3CC3)nc3[nH]ccc23)C1. The summed E-state index contributed by atoms with van der Waals surface area (Å²) in [5.41, 5.74) is 0.678. The van der Waals surface area contributed by atoms with Crippen molar-refractivity contribution in [2.45, 2.75) is 44.7 Å². The van der Waals surface area contributed by atoms with Gasteiger partial charge in [-0.05, 0) is 31.7 Å². The first-order valence-corrected chi connectivity index (χ1v) is 11.0. The lowest BCUT2D eigenvalue weighted by Gasteiger charge is -2.21. The molecule has 2 aliphatic rings. The van der Waals surface area contributed by atoms with E-state index in [1.807, 2.05) is 13.0 Å². The molecule has 1 atom stereocenters. The Hall–Kier alpha value is -2.20. The lowest BCUT2D eigenvalue weighted by Crippen LogP contribution is -2.38. The molecule has 2 aromatic rings. The van der Waals surface area contributed by atoms with Gasteiger partial charge in [0.15, 0.2) is 0 Å². The quantitative estimate of drug-likeness (QED) is 0.648. The zero-order valence-electron chi connectivity index (χ0n) is 15.3. The van der Waals surface area contributed by atoms with E-state index < -0.39 is 10.0 Å². The van der Waals surface area contributed by atoms with E-state index in [0.29, 0.717) is 37.5 Å². The summed E-state index contributed by atoms with van der Waals surface area (Å²) in [4.78, 5) is 27.4. The van der Waals surface area contributed by atoms with Crippen LogP contribution in [0, 0.1) is 0 Å². The summed E-state index contributed by atoms with van der Waals surface area (Å²) in [5, 5.41) is 0.873. The van der Waals surface area contributed by atoms with E-state index in [1.165, 1.54) is 0 Å². The van der Waals surface area contributed by atoms with Crippen LogP contribution in [0.15, 0.2) is 12.3 Å². The molecule has 3 heterocycles. The van der Waals surface area contributed by atoms with Crippen molar-refractivity contribution in [1.82, 2.24) is 19.7 Å². The lowest BCUT2D eigenvalue weighted by atomic mass is 10.3. The number of nitrogens with one attached hydrogen (secondary N) is 2. The summed E-state index contributed by atoms with van der Waals surface area (Å²) < 4.78 is 26.9. The average Bonchev–Trinajstić information content (AvgIpc) is 3.15. The fourth-order valence-corrected chi connectivity index (χ4v) is 4.91. The van der Waals surface area contributed by atoms with E-state index in [0.717, 1.165) is 30.5 Å². The van der Waals surface area contributed by atoms with Crippen LogP contribution in [-0.4, -0.2) is 60.7 Å². The average molecular weight is 392 g/mol. The molecule has 0 bridgehead atoms. The Labute approximate surface area is 158 Å². The number of aromatic nitrogens is 3. The molecule has 27 heavy (non-hydrogen) atoms. The van der Waals surface area contributed by atoms with Crippen LogP contribution in [0.25, 0.3) is 11.0 Å². The van der Waals surface area contributed by atoms with Crippen molar-refractivity contribution in [3.05, 3.63) is 12.3 Å². The molecule has 2 fully saturated rings. The largest absolute Gasteiger partial charge is 0.354 e. The molecule has 9 nitrogen and oxygen atoms in total. The van der Waals surface area contributed by atoms with Crippen LogP contribution in [0.4, 0.5) is 11.8 Å². The summed E-state index contributed by atoms with van der Waals surface area (Å²) in [6.45, 7) is 3.09. The van der Waals surface area contributed by atoms with Crippen molar-refractivity contribution < 1.29 is 13.2 Å². The van der Waals surface area contributed by atoms with Crippen molar-refractivity contribution in [1.29, 1.82) is 0 Å². The van der Waals surface area contributed by atoms with Gasteiger partial charge in [0, 0.05) is 31.4 Å². The van der Waals surface area contributed by atoms with Crippen LogP contribution in [0.5, 0.6) is 0 Å². The Morgan fingerprint density at radius 1 is 1.37 bits per heavy atom. The maximum atomic E-state index is 12.1. The van der Waals surface area contributed by atoms with Gasteiger partial charge >= 0.3 is 0 Å². The molecule has 0 aromatic carbocycles. The molecule has 0 unspecified atom stereocenters. The minimum Gasteiger partial charge on any atom is -0.354 e. The van der Waals surface area contributed by atoms with Gasteiger partial charge in [0.1, 0.15) is 11.5 Å². The fraction of sp³-hybridized carbons (Fsp3) is 0.588. The van der Waals surface area contributed by atoms with Crippen molar-refractivity contribution in [3.8, 4) is 0 Å². The molecular weight excluding hydrogens is 368 g/mol. The molecule has 2 N–H and O–H groups in total. The van der Waals surface area contributed by atoms with Crippen LogP contribution >= 0.6 is 0 Å². The van der Waals surface area contributed by atoms with E-state index in [-0.39, 0.29) is 17.8 Å². The van der Waals surface area contributed by atoms with Gasteiger partial charge in [-0.15, -0.1) is 0 Å². The number of H-pyrrole nitrogens is 1. The number of carbonyl (C=O) groups excluding carboxylic acids is 1. The van der Waals surface area contributed by atoms with Crippen molar-refractivity contribution in [2.75, 3.05) is 28.6 Å². The summed E-state index contributed by atoms with van der Waals surface area (Å²) in [6.07, 6.45) is 5.82. The van der Waals surface area contributed by atoms with Gasteiger partial charge in [0.2, 0.25) is 22.4 Å². The summed E-state index contributed by atoms with van der Waals surface area (Å²) in [7, 11) is -3.25. The van der Waals surface area contributed by atoms with E-state index in [4.69, 9.17) is 0 Å². The molecule has 1 saturated carbocycles. The molecule has 1 amide bonds. The minimum atomic E-state index is -3.25. The number of hydrogen-bond donors (Lipinski definition) is 2. The van der Waals surface area contributed by atoms with Gasteiger partial charge in [-0.1, -0.05) is 6.92 Å². The Morgan fingerprint density at radius 3 is 2.89 bits per heavy atom. The number of carbonyl (C=O) groups is 1. The van der Waals surface area contributed by atoms with Crippen molar-refractivity contribution in [3.63, 3.8) is 0 Å². The Morgan fingerprint density at radius 2 is 2.19 bits per heavy atom. The first-order chi connectivity index (χ1) is 13.0. The lowest BCUT2D eigenvalue weighted by molar-refractivity contribution is -0.107. The van der Waals surface area contributed by atoms with Gasteiger partial charge in [0.05, 0.1) is 11.1 Å². The number of sulfonamides is 1. The van der Waals surface area contributed by atoms with Gasteiger partial charge < -0.3 is 9.88 Å². The van der Waals surface area contributed by atoms with Crippen LogP contribution in [0.3, 0.4) is 0 Å². The normalized spacial score (nSPS) is 20.3. The fourth-order valence-electron chi connectivity index (χ4n) is 3.55. The molecule has 1 saturated heterocycles. The highest BCUT2D eigenvalue weighted by Gasteiger charge is 2.33. The van der Waals surface area contributed by atoms with Crippen LogP contribution in [0.1, 0.15) is 32.6 Å². The third kappa shape index (κ3) is 3.77. The molecule has 4 rings (SSSR count). The third-order valence-corrected chi connectivity index (χ3v) is 6.61. The standard InChI is InChI=1S/C17H24N6O3S/c1-2-9-27(25,26)21-12-6-8-22(10-12)16-14-5-7-18-15(14)19-17(20-16)23(11-24)13-3-4-13/h5,7,11-13,21H,2-4,6,8-10H2,1H3,(H,18,19,20)/t12-/m0/s1. The topological polar surface area (TPSA) is 111 Å². The van der Waals surface area contributed by atoms with E-state index >= 15 is 0 Å². The molecule has 1 aliphatic carbocycles. The molecule has 2 aromatic heterocycles. The highest BCUT2D eigenvalue weighted by molar-refractivity contribution is 7.89. The molecule has 10 heteroatoms. The summed E-state index contributed by atoms with van der Waals surface area (Å²) in [6, 6.07) is 1.94. The second-order valence-corrected chi connectivity index (χ2v) is 9.07. The molecule has 0 spiro atoms. The Kier molecular flexibility index (Phi) is 4.77. The number of hydrogen-bond acceptors (Lipinski definition) is 6. The molecule has 146 valence electrons. The first kappa shape index (κ1) is 18.2. The second kappa shape index (κ2) is 7.08. The van der Waals surface area contributed by atoms with Crippen LogP contribution in [0.2, 0.25) is 0 Å². The molecule has 1 aliphatic heterocycles. The number of fused-ring (bicyclic) bond motifs is 1. The first-order valence-electron chi connectivity index (χ1n) is 9.34. The van der Waals surface area contributed by atoms with Crippen molar-refractivity contribution >= 4 is 39.2 Å².